The Bertz CT molecular complexity index is 412. The maximum absolute atomic E-state index is 10.3. The first-order valence-electron chi connectivity index (χ1n) is 4.54. The van der Waals surface area contributed by atoms with Gasteiger partial charge in [0.05, 0.1) is 12.0 Å². The third-order valence-corrected chi connectivity index (χ3v) is 2.05. The highest BCUT2D eigenvalue weighted by Gasteiger charge is 2.01. The summed E-state index contributed by atoms with van der Waals surface area (Å²) in [6, 6.07) is 9.38. The zero-order chi connectivity index (χ0) is 11.3. The van der Waals surface area contributed by atoms with Crippen LogP contribution in [0.5, 0.6) is 0 Å². The molecule has 1 aromatic carbocycles. The number of carbonyl (C=O) groups is 1. The summed E-state index contributed by atoms with van der Waals surface area (Å²) in [6.45, 7) is 1.82. The second-order valence-electron chi connectivity index (χ2n) is 3.19. The van der Waals surface area contributed by atoms with Crippen molar-refractivity contribution >= 4 is 12.0 Å². The second-order valence-corrected chi connectivity index (χ2v) is 3.19. The molecule has 1 atom stereocenters. The van der Waals surface area contributed by atoms with Crippen LogP contribution in [0.15, 0.2) is 30.3 Å². The first kappa shape index (κ1) is 11.0. The van der Waals surface area contributed by atoms with Gasteiger partial charge in [0.15, 0.2) is 0 Å². The third-order valence-electron chi connectivity index (χ3n) is 2.05. The van der Waals surface area contributed by atoms with Gasteiger partial charge in [0.2, 0.25) is 0 Å². The molecule has 76 valence electrons. The Morgan fingerprint density at radius 1 is 1.47 bits per heavy atom. The molecule has 0 heterocycles. The van der Waals surface area contributed by atoms with Crippen LogP contribution >= 0.6 is 0 Å². The first-order chi connectivity index (χ1) is 7.13. The van der Waals surface area contributed by atoms with E-state index in [0.717, 1.165) is 17.2 Å². The molecule has 1 N–H and O–H groups in total. The first-order valence-corrected chi connectivity index (χ1v) is 4.54. The van der Waals surface area contributed by atoms with E-state index < -0.39 is 5.97 Å². The third kappa shape index (κ3) is 3.28. The quantitative estimate of drug-likeness (QED) is 0.764. The highest BCUT2D eigenvalue weighted by Crippen LogP contribution is 2.15. The van der Waals surface area contributed by atoms with Crippen LogP contribution in [-0.4, -0.2) is 11.1 Å². The SMILES string of the molecule is CC(C#N)c1ccc(/C=C/C(=O)O)cc1. The van der Waals surface area contributed by atoms with Crippen molar-refractivity contribution in [1.29, 1.82) is 5.26 Å². The maximum Gasteiger partial charge on any atom is 0.328 e. The van der Waals surface area contributed by atoms with Gasteiger partial charge >= 0.3 is 5.97 Å². The Kier molecular flexibility index (Phi) is 3.64. The number of aliphatic carboxylic acids is 1. The number of carboxylic acid groups (broad SMARTS) is 1. The van der Waals surface area contributed by atoms with Gasteiger partial charge in [-0.1, -0.05) is 24.3 Å². The van der Waals surface area contributed by atoms with Gasteiger partial charge < -0.3 is 5.11 Å². The molecule has 0 bridgehead atoms. The summed E-state index contributed by atoms with van der Waals surface area (Å²) in [6.07, 6.45) is 2.60. The van der Waals surface area contributed by atoms with E-state index in [1.54, 1.807) is 12.1 Å². The molecule has 0 spiro atoms. The second kappa shape index (κ2) is 4.97. The van der Waals surface area contributed by atoms with E-state index in [1.165, 1.54) is 6.08 Å². The van der Waals surface area contributed by atoms with Crippen molar-refractivity contribution in [2.24, 2.45) is 0 Å². The lowest BCUT2D eigenvalue weighted by molar-refractivity contribution is -0.131. The van der Waals surface area contributed by atoms with Crippen LogP contribution in [0.4, 0.5) is 0 Å². The molecule has 0 aliphatic heterocycles. The van der Waals surface area contributed by atoms with Crippen LogP contribution < -0.4 is 0 Å². The van der Waals surface area contributed by atoms with Crippen molar-refractivity contribution in [3.63, 3.8) is 0 Å². The number of rotatable bonds is 3. The average molecular weight is 201 g/mol. The lowest BCUT2D eigenvalue weighted by atomic mass is 10.0. The zero-order valence-corrected chi connectivity index (χ0v) is 8.34. The minimum absolute atomic E-state index is 0.137. The van der Waals surface area contributed by atoms with Gasteiger partial charge in [-0.15, -0.1) is 0 Å². The Hall–Kier alpha value is -2.08. The highest BCUT2D eigenvalue weighted by molar-refractivity contribution is 5.85. The Morgan fingerprint density at radius 2 is 2.07 bits per heavy atom. The number of hydrogen-bond donors (Lipinski definition) is 1. The summed E-state index contributed by atoms with van der Waals surface area (Å²) in [5, 5.41) is 17.1. The molecule has 1 aromatic rings. The molecule has 3 heteroatoms. The van der Waals surface area contributed by atoms with Gasteiger partial charge in [-0.25, -0.2) is 4.79 Å². The van der Waals surface area contributed by atoms with E-state index in [9.17, 15) is 4.79 Å². The predicted octanol–water partition coefficient (Wildman–Crippen LogP) is 2.41. The van der Waals surface area contributed by atoms with Crippen LogP contribution in [0, 0.1) is 11.3 Å². The largest absolute Gasteiger partial charge is 0.478 e. The van der Waals surface area contributed by atoms with Gasteiger partial charge in [0, 0.05) is 6.08 Å². The molecule has 0 radical (unpaired) electrons. The molecule has 15 heavy (non-hydrogen) atoms. The van der Waals surface area contributed by atoms with Crippen LogP contribution in [0.25, 0.3) is 6.08 Å². The Morgan fingerprint density at radius 3 is 2.53 bits per heavy atom. The summed E-state index contributed by atoms with van der Waals surface area (Å²) >= 11 is 0. The fourth-order valence-corrected chi connectivity index (χ4v) is 1.14. The summed E-state index contributed by atoms with van der Waals surface area (Å²) < 4.78 is 0. The summed E-state index contributed by atoms with van der Waals surface area (Å²) in [5.41, 5.74) is 1.75. The monoisotopic (exact) mass is 201 g/mol. The van der Waals surface area contributed by atoms with Gasteiger partial charge in [0.1, 0.15) is 0 Å². The highest BCUT2D eigenvalue weighted by atomic mass is 16.4. The summed E-state index contributed by atoms with van der Waals surface area (Å²) in [4.78, 5) is 10.3. The molecule has 0 aromatic heterocycles. The molecule has 0 amide bonds. The Labute approximate surface area is 88.3 Å². The maximum atomic E-state index is 10.3. The van der Waals surface area contributed by atoms with Crippen LogP contribution in [-0.2, 0) is 4.79 Å². The fraction of sp³-hybridized carbons (Fsp3) is 0.167. The van der Waals surface area contributed by atoms with E-state index in [-0.39, 0.29) is 5.92 Å². The Balaban J connectivity index is 2.82. The van der Waals surface area contributed by atoms with Crippen molar-refractivity contribution in [2.45, 2.75) is 12.8 Å². The van der Waals surface area contributed by atoms with Crippen molar-refractivity contribution in [2.75, 3.05) is 0 Å². The molecule has 1 unspecified atom stereocenters. The van der Waals surface area contributed by atoms with Gasteiger partial charge in [0.25, 0.3) is 0 Å². The standard InChI is InChI=1S/C12H11NO2/c1-9(8-13)11-5-2-10(3-6-11)4-7-12(14)15/h2-7,9H,1H3,(H,14,15)/b7-4+. The van der Waals surface area contributed by atoms with Crippen LogP contribution in [0.3, 0.4) is 0 Å². The molecule has 0 fully saturated rings. The normalized spacial score (nSPS) is 12.3. The topological polar surface area (TPSA) is 61.1 Å². The number of nitrogens with zero attached hydrogens (tertiary/aromatic N) is 1. The molecule has 0 aliphatic rings. The van der Waals surface area contributed by atoms with E-state index in [2.05, 4.69) is 6.07 Å². The lowest BCUT2D eigenvalue weighted by Gasteiger charge is -2.02. The lowest BCUT2D eigenvalue weighted by Crippen LogP contribution is -1.89. The van der Waals surface area contributed by atoms with E-state index in [4.69, 9.17) is 10.4 Å². The fourth-order valence-electron chi connectivity index (χ4n) is 1.14. The van der Waals surface area contributed by atoms with E-state index in [1.807, 2.05) is 19.1 Å². The average Bonchev–Trinajstić information content (AvgIpc) is 2.26. The van der Waals surface area contributed by atoms with Gasteiger partial charge in [-0.2, -0.15) is 5.26 Å². The molecule has 0 saturated heterocycles. The number of hydrogen-bond acceptors (Lipinski definition) is 2. The number of carboxylic acids is 1. The molecule has 1 rings (SSSR count). The number of benzene rings is 1. The minimum Gasteiger partial charge on any atom is -0.478 e. The molecule has 3 nitrogen and oxygen atoms in total. The van der Waals surface area contributed by atoms with Crippen molar-refractivity contribution < 1.29 is 9.90 Å². The zero-order valence-electron chi connectivity index (χ0n) is 8.34. The van der Waals surface area contributed by atoms with Crippen molar-refractivity contribution in [3.8, 4) is 6.07 Å². The smallest absolute Gasteiger partial charge is 0.328 e. The van der Waals surface area contributed by atoms with E-state index in [0.29, 0.717) is 0 Å². The predicted molar refractivity (Wildman–Crippen MR) is 57.1 cm³/mol. The molecule has 0 aliphatic carbocycles. The summed E-state index contributed by atoms with van der Waals surface area (Å²) in [5.74, 6) is -1.10. The molecular weight excluding hydrogens is 190 g/mol. The molecular formula is C12H11NO2. The van der Waals surface area contributed by atoms with Crippen molar-refractivity contribution in [1.82, 2.24) is 0 Å². The van der Waals surface area contributed by atoms with Gasteiger partial charge in [-0.3, -0.25) is 0 Å². The van der Waals surface area contributed by atoms with Crippen LogP contribution in [0.1, 0.15) is 24.0 Å². The minimum atomic E-state index is -0.968. The van der Waals surface area contributed by atoms with Crippen molar-refractivity contribution in [3.05, 3.63) is 41.5 Å². The van der Waals surface area contributed by atoms with E-state index >= 15 is 0 Å². The van der Waals surface area contributed by atoms with Crippen LogP contribution in [0.2, 0.25) is 0 Å². The molecule has 0 saturated carbocycles. The van der Waals surface area contributed by atoms with Gasteiger partial charge in [-0.05, 0) is 24.1 Å². The summed E-state index contributed by atoms with van der Waals surface area (Å²) in [7, 11) is 0. The number of nitriles is 1.